The minimum absolute atomic E-state index is 0.632. The Hall–Kier alpha value is -0.0400. The lowest BCUT2D eigenvalue weighted by Gasteiger charge is -2.02. The smallest absolute Gasteiger partial charge is 0.0841 e. The lowest BCUT2D eigenvalue weighted by molar-refractivity contribution is 0.346. The normalized spacial score (nSPS) is 22.1. The summed E-state index contributed by atoms with van der Waals surface area (Å²) in [6, 6.07) is 0. The van der Waals surface area contributed by atoms with Crippen molar-refractivity contribution in [2.75, 3.05) is 0 Å². The molecular weight excluding hydrogens is 232 g/mol. The van der Waals surface area contributed by atoms with Crippen LogP contribution in [0, 0.1) is 5.92 Å². The van der Waals surface area contributed by atoms with Gasteiger partial charge < -0.3 is 4.74 Å². The summed E-state index contributed by atoms with van der Waals surface area (Å²) in [4.78, 5) is 0. The summed E-state index contributed by atoms with van der Waals surface area (Å²) in [6.07, 6.45) is 18.0. The maximum atomic E-state index is 5.77. The lowest BCUT2D eigenvalue weighted by atomic mass is 10.0. The largest absolute Gasteiger partial charge is 0.370 e. The molecule has 0 aromatic carbocycles. The molecule has 1 saturated heterocycles. The van der Waals surface area contributed by atoms with Crippen LogP contribution in [0.2, 0.25) is 0 Å². The van der Waals surface area contributed by atoms with Gasteiger partial charge >= 0.3 is 0 Å². The molecule has 0 aromatic heterocycles. The quantitative estimate of drug-likeness (QED) is 0.290. The second-order valence-electron chi connectivity index (χ2n) is 6.80. The molecule has 0 bridgehead atoms. The van der Waals surface area contributed by atoms with Crippen LogP contribution in [0.3, 0.4) is 0 Å². The van der Waals surface area contributed by atoms with E-state index in [-0.39, 0.29) is 0 Å². The molecule has 0 saturated carbocycles. The molecule has 0 aromatic rings. The molecule has 1 aliphatic heterocycles. The zero-order valence-corrected chi connectivity index (χ0v) is 13.6. The first kappa shape index (κ1) is 17.0. The molecule has 0 spiro atoms. The van der Waals surface area contributed by atoms with Gasteiger partial charge in [0.05, 0.1) is 12.2 Å². The molecular formula is C18H36O. The van der Waals surface area contributed by atoms with Crippen LogP contribution in [-0.2, 0) is 4.74 Å². The molecule has 1 aliphatic rings. The molecule has 2 unspecified atom stereocenters. The van der Waals surface area contributed by atoms with Crippen molar-refractivity contribution in [1.29, 1.82) is 0 Å². The molecule has 0 amide bonds. The maximum Gasteiger partial charge on any atom is 0.0841 e. The third-order valence-corrected chi connectivity index (χ3v) is 4.30. The molecule has 1 rings (SSSR count). The van der Waals surface area contributed by atoms with E-state index in [9.17, 15) is 0 Å². The Balaban J connectivity index is 1.78. The molecule has 1 heterocycles. The van der Waals surface area contributed by atoms with Gasteiger partial charge in [0.1, 0.15) is 0 Å². The lowest BCUT2D eigenvalue weighted by Crippen LogP contribution is -1.95. The molecule has 0 radical (unpaired) electrons. The van der Waals surface area contributed by atoms with E-state index in [1.54, 1.807) is 0 Å². The average molecular weight is 268 g/mol. The number of rotatable bonds is 13. The van der Waals surface area contributed by atoms with Crippen molar-refractivity contribution in [3.8, 4) is 0 Å². The van der Waals surface area contributed by atoms with Crippen LogP contribution in [-0.4, -0.2) is 12.2 Å². The summed E-state index contributed by atoms with van der Waals surface area (Å²) in [6.45, 7) is 6.92. The monoisotopic (exact) mass is 268 g/mol. The van der Waals surface area contributed by atoms with Gasteiger partial charge in [0.25, 0.3) is 0 Å². The number of ether oxygens (including phenoxy) is 1. The van der Waals surface area contributed by atoms with Crippen LogP contribution in [0.5, 0.6) is 0 Å². The van der Waals surface area contributed by atoms with Gasteiger partial charge in [-0.25, -0.2) is 0 Å². The van der Waals surface area contributed by atoms with E-state index in [2.05, 4.69) is 20.8 Å². The van der Waals surface area contributed by atoms with E-state index in [4.69, 9.17) is 4.74 Å². The fourth-order valence-electron chi connectivity index (χ4n) is 2.89. The van der Waals surface area contributed by atoms with E-state index in [1.807, 2.05) is 0 Å². The zero-order chi connectivity index (χ0) is 13.9. The SMILES string of the molecule is CCCCCCCCCC1OC1CCCCC(C)C. The number of hydrogen-bond acceptors (Lipinski definition) is 1. The first-order valence-electron chi connectivity index (χ1n) is 8.89. The Labute approximate surface area is 121 Å². The molecule has 1 fully saturated rings. The zero-order valence-electron chi connectivity index (χ0n) is 13.6. The van der Waals surface area contributed by atoms with Gasteiger partial charge in [0.2, 0.25) is 0 Å². The molecule has 1 nitrogen and oxygen atoms in total. The Kier molecular flexibility index (Phi) is 9.59. The van der Waals surface area contributed by atoms with E-state index in [1.165, 1.54) is 77.0 Å². The predicted octanol–water partition coefficient (Wildman–Crippen LogP) is 6.11. The summed E-state index contributed by atoms with van der Waals surface area (Å²) in [5, 5.41) is 0. The standard InChI is InChI=1S/C18H36O/c1-4-5-6-7-8-9-10-14-17-18(19-17)15-12-11-13-16(2)3/h16-18H,4-15H2,1-3H3. The first-order valence-corrected chi connectivity index (χ1v) is 8.89. The second-order valence-corrected chi connectivity index (χ2v) is 6.80. The van der Waals surface area contributed by atoms with E-state index >= 15 is 0 Å². The molecule has 19 heavy (non-hydrogen) atoms. The van der Waals surface area contributed by atoms with Crippen LogP contribution in [0.4, 0.5) is 0 Å². The highest BCUT2D eigenvalue weighted by atomic mass is 16.6. The molecule has 0 aliphatic carbocycles. The Morgan fingerprint density at radius 3 is 1.84 bits per heavy atom. The minimum atomic E-state index is 0.632. The molecule has 1 heteroatoms. The summed E-state index contributed by atoms with van der Waals surface area (Å²) in [5.41, 5.74) is 0. The van der Waals surface area contributed by atoms with Gasteiger partial charge in [0.15, 0.2) is 0 Å². The highest BCUT2D eigenvalue weighted by Gasteiger charge is 2.36. The van der Waals surface area contributed by atoms with Crippen molar-refractivity contribution in [2.45, 2.75) is 110 Å². The molecule has 0 N–H and O–H groups in total. The van der Waals surface area contributed by atoms with Gasteiger partial charge in [-0.05, 0) is 18.8 Å². The highest BCUT2D eigenvalue weighted by Crippen LogP contribution is 2.31. The first-order chi connectivity index (χ1) is 9.24. The Morgan fingerprint density at radius 1 is 0.737 bits per heavy atom. The summed E-state index contributed by atoms with van der Waals surface area (Å²) in [7, 11) is 0. The van der Waals surface area contributed by atoms with Gasteiger partial charge in [-0.15, -0.1) is 0 Å². The summed E-state index contributed by atoms with van der Waals surface area (Å²) >= 11 is 0. The van der Waals surface area contributed by atoms with E-state index in [0.29, 0.717) is 12.2 Å². The molecule has 2 atom stereocenters. The van der Waals surface area contributed by atoms with Crippen LogP contribution in [0.25, 0.3) is 0 Å². The Morgan fingerprint density at radius 2 is 1.26 bits per heavy atom. The minimum Gasteiger partial charge on any atom is -0.370 e. The number of hydrogen-bond donors (Lipinski definition) is 0. The van der Waals surface area contributed by atoms with E-state index < -0.39 is 0 Å². The topological polar surface area (TPSA) is 12.5 Å². The van der Waals surface area contributed by atoms with Crippen molar-refractivity contribution in [1.82, 2.24) is 0 Å². The van der Waals surface area contributed by atoms with Crippen LogP contribution < -0.4 is 0 Å². The second kappa shape index (κ2) is 10.7. The van der Waals surface area contributed by atoms with Crippen LogP contribution in [0.15, 0.2) is 0 Å². The van der Waals surface area contributed by atoms with Gasteiger partial charge in [-0.1, -0.05) is 85.0 Å². The highest BCUT2D eigenvalue weighted by molar-refractivity contribution is 4.84. The Bertz CT molecular complexity index is 200. The summed E-state index contributed by atoms with van der Waals surface area (Å²) in [5.74, 6) is 0.864. The van der Waals surface area contributed by atoms with Crippen LogP contribution >= 0.6 is 0 Å². The number of epoxide rings is 1. The average Bonchev–Trinajstić information content (AvgIpc) is 3.12. The molecule has 114 valence electrons. The number of unbranched alkanes of at least 4 members (excludes halogenated alkanes) is 7. The van der Waals surface area contributed by atoms with Crippen molar-refractivity contribution in [3.05, 3.63) is 0 Å². The van der Waals surface area contributed by atoms with Gasteiger partial charge in [-0.2, -0.15) is 0 Å². The van der Waals surface area contributed by atoms with Crippen molar-refractivity contribution in [2.24, 2.45) is 5.92 Å². The fourth-order valence-corrected chi connectivity index (χ4v) is 2.89. The van der Waals surface area contributed by atoms with Crippen molar-refractivity contribution in [3.63, 3.8) is 0 Å². The third-order valence-electron chi connectivity index (χ3n) is 4.30. The third kappa shape index (κ3) is 9.49. The van der Waals surface area contributed by atoms with Crippen molar-refractivity contribution >= 4 is 0 Å². The van der Waals surface area contributed by atoms with Crippen molar-refractivity contribution < 1.29 is 4.74 Å². The summed E-state index contributed by atoms with van der Waals surface area (Å²) < 4.78 is 5.77. The fraction of sp³-hybridized carbons (Fsp3) is 1.00. The predicted molar refractivity (Wildman–Crippen MR) is 84.6 cm³/mol. The van der Waals surface area contributed by atoms with Gasteiger partial charge in [0, 0.05) is 0 Å². The van der Waals surface area contributed by atoms with E-state index in [0.717, 1.165) is 5.92 Å². The van der Waals surface area contributed by atoms with Crippen LogP contribution in [0.1, 0.15) is 97.8 Å². The van der Waals surface area contributed by atoms with Gasteiger partial charge in [-0.3, -0.25) is 0 Å². The maximum absolute atomic E-state index is 5.77.